The first kappa shape index (κ1) is 23.9. The van der Waals surface area contributed by atoms with Gasteiger partial charge in [0.2, 0.25) is 0 Å². The highest BCUT2D eigenvalue weighted by Crippen LogP contribution is 2.48. The summed E-state index contributed by atoms with van der Waals surface area (Å²) >= 11 is 1.76. The van der Waals surface area contributed by atoms with E-state index in [-0.39, 0.29) is 0 Å². The summed E-state index contributed by atoms with van der Waals surface area (Å²) < 4.78 is 0. The Bertz CT molecular complexity index is 1290. The summed E-state index contributed by atoms with van der Waals surface area (Å²) in [6.45, 7) is 9.25. The van der Waals surface area contributed by atoms with Crippen LogP contribution in [0.4, 0.5) is 0 Å². The molecule has 3 aliphatic rings. The molecular weight excluding hydrogens is 460 g/mol. The van der Waals surface area contributed by atoms with Gasteiger partial charge in [0.05, 0.1) is 16.5 Å². The van der Waals surface area contributed by atoms with Crippen LogP contribution < -0.4 is 0 Å². The molecule has 2 aliphatic carbocycles. The van der Waals surface area contributed by atoms with Gasteiger partial charge in [-0.1, -0.05) is 44.2 Å². The van der Waals surface area contributed by atoms with Crippen LogP contribution in [-0.2, 0) is 6.42 Å². The molecule has 6 rings (SSSR count). The van der Waals surface area contributed by atoms with E-state index in [1.165, 1.54) is 46.4 Å². The summed E-state index contributed by atoms with van der Waals surface area (Å²) in [5.41, 5.74) is 7.50. The number of likely N-dealkylation sites (N-methyl/N-ethyl adjacent to an activating group) is 1. The first-order chi connectivity index (χ1) is 17.5. The maximum atomic E-state index is 9.95. The molecule has 36 heavy (non-hydrogen) atoms. The molecule has 1 saturated carbocycles. The van der Waals surface area contributed by atoms with Crippen molar-refractivity contribution >= 4 is 11.3 Å². The molecule has 2 aromatic carbocycles. The van der Waals surface area contributed by atoms with Gasteiger partial charge in [0, 0.05) is 44.0 Å². The first-order valence-corrected chi connectivity index (χ1v) is 14.4. The number of nitriles is 1. The third-order valence-corrected chi connectivity index (χ3v) is 10.1. The molecule has 1 saturated heterocycles. The van der Waals surface area contributed by atoms with Gasteiger partial charge in [0.25, 0.3) is 0 Å². The fourth-order valence-corrected chi connectivity index (χ4v) is 7.69. The van der Waals surface area contributed by atoms with Gasteiger partial charge >= 0.3 is 0 Å². The zero-order valence-electron chi connectivity index (χ0n) is 21.7. The molecule has 2 fully saturated rings. The number of thiazole rings is 1. The van der Waals surface area contributed by atoms with Crippen LogP contribution in [0, 0.1) is 23.2 Å². The Kier molecular flexibility index (Phi) is 6.46. The van der Waals surface area contributed by atoms with Crippen LogP contribution in [0.25, 0.3) is 21.0 Å². The smallest absolute Gasteiger partial charge is 0.123 e. The van der Waals surface area contributed by atoms with E-state index in [2.05, 4.69) is 73.2 Å². The van der Waals surface area contributed by atoms with Gasteiger partial charge in [-0.2, -0.15) is 5.26 Å². The Morgan fingerprint density at radius 2 is 1.86 bits per heavy atom. The molecule has 1 aliphatic heterocycles. The highest BCUT2D eigenvalue weighted by Gasteiger charge is 2.35. The van der Waals surface area contributed by atoms with Crippen LogP contribution >= 0.6 is 11.3 Å². The molecule has 186 valence electrons. The number of hydrogen-bond acceptors (Lipinski definition) is 5. The van der Waals surface area contributed by atoms with Crippen molar-refractivity contribution in [2.75, 3.05) is 33.2 Å². The number of aromatic nitrogens is 1. The number of hydrogen-bond donors (Lipinski definition) is 0. The van der Waals surface area contributed by atoms with Crippen molar-refractivity contribution in [3.63, 3.8) is 0 Å². The zero-order valence-corrected chi connectivity index (χ0v) is 22.5. The van der Waals surface area contributed by atoms with Gasteiger partial charge in [0.1, 0.15) is 5.01 Å². The van der Waals surface area contributed by atoms with E-state index in [0.29, 0.717) is 23.8 Å². The molecule has 4 nitrogen and oxygen atoms in total. The molecule has 1 aromatic heterocycles. The number of benzene rings is 2. The standard InChI is InChI=1S/C31H36N4S/c1-20(2)23-9-10-25(23)24-8-7-21(17-22(24)18-32)31-33-19-30(36-31)28-6-4-5-27-26(28)11-12-29(27)35-15-13-34(3)14-16-35/h4-8,17,19-20,23,25,29H,9-16H2,1-3H3. The minimum Gasteiger partial charge on any atom is -0.304 e. The highest BCUT2D eigenvalue weighted by atomic mass is 32.1. The largest absolute Gasteiger partial charge is 0.304 e. The lowest BCUT2D eigenvalue weighted by atomic mass is 9.64. The maximum absolute atomic E-state index is 9.95. The number of rotatable bonds is 5. The van der Waals surface area contributed by atoms with Crippen molar-refractivity contribution < 1.29 is 0 Å². The summed E-state index contributed by atoms with van der Waals surface area (Å²) in [6, 6.07) is 16.4. The number of piperazine rings is 1. The van der Waals surface area contributed by atoms with Crippen LogP contribution in [0.3, 0.4) is 0 Å². The molecule has 3 atom stereocenters. The molecule has 3 aromatic rings. The van der Waals surface area contributed by atoms with Gasteiger partial charge in [-0.15, -0.1) is 11.3 Å². The van der Waals surface area contributed by atoms with E-state index in [4.69, 9.17) is 4.98 Å². The molecular formula is C31H36N4S. The lowest BCUT2D eigenvalue weighted by Gasteiger charge is -2.40. The minimum absolute atomic E-state index is 0.528. The second-order valence-electron chi connectivity index (χ2n) is 11.3. The van der Waals surface area contributed by atoms with Crippen molar-refractivity contribution in [3.8, 4) is 27.1 Å². The van der Waals surface area contributed by atoms with Gasteiger partial charge < -0.3 is 4.90 Å². The highest BCUT2D eigenvalue weighted by molar-refractivity contribution is 7.18. The number of fused-ring (bicyclic) bond motifs is 1. The van der Waals surface area contributed by atoms with Gasteiger partial charge in [-0.05, 0) is 78.8 Å². The lowest BCUT2D eigenvalue weighted by molar-refractivity contribution is 0.111. The van der Waals surface area contributed by atoms with Crippen LogP contribution in [-0.4, -0.2) is 48.0 Å². The van der Waals surface area contributed by atoms with E-state index >= 15 is 0 Å². The average Bonchev–Trinajstić information content (AvgIpc) is 3.51. The minimum atomic E-state index is 0.528. The topological polar surface area (TPSA) is 43.2 Å². The van der Waals surface area contributed by atoms with E-state index in [0.717, 1.165) is 48.7 Å². The van der Waals surface area contributed by atoms with E-state index in [1.54, 1.807) is 11.3 Å². The van der Waals surface area contributed by atoms with Crippen molar-refractivity contribution in [3.05, 3.63) is 64.8 Å². The summed E-state index contributed by atoms with van der Waals surface area (Å²) in [4.78, 5) is 11.2. The summed E-state index contributed by atoms with van der Waals surface area (Å²) in [5.74, 6) is 1.89. The van der Waals surface area contributed by atoms with Gasteiger partial charge in [-0.3, -0.25) is 4.90 Å². The van der Waals surface area contributed by atoms with Crippen LogP contribution in [0.2, 0.25) is 0 Å². The zero-order chi connectivity index (χ0) is 24.8. The molecule has 0 N–H and O–H groups in total. The molecule has 0 radical (unpaired) electrons. The van der Waals surface area contributed by atoms with Crippen LogP contribution in [0.1, 0.15) is 67.3 Å². The van der Waals surface area contributed by atoms with E-state index < -0.39 is 0 Å². The van der Waals surface area contributed by atoms with Crippen molar-refractivity contribution in [2.45, 2.75) is 51.5 Å². The van der Waals surface area contributed by atoms with E-state index in [9.17, 15) is 5.26 Å². The quantitative estimate of drug-likeness (QED) is 0.393. The second kappa shape index (κ2) is 9.74. The van der Waals surface area contributed by atoms with E-state index in [1.807, 2.05) is 6.20 Å². The third kappa shape index (κ3) is 4.20. The molecule has 5 heteroatoms. The fourth-order valence-electron chi connectivity index (χ4n) is 6.73. The third-order valence-electron chi connectivity index (χ3n) is 8.99. The van der Waals surface area contributed by atoms with Gasteiger partial charge in [-0.25, -0.2) is 4.98 Å². The normalized spacial score (nSPS) is 24.5. The summed E-state index contributed by atoms with van der Waals surface area (Å²) in [5, 5.41) is 11.0. The second-order valence-corrected chi connectivity index (χ2v) is 12.3. The predicted molar refractivity (Wildman–Crippen MR) is 148 cm³/mol. The maximum Gasteiger partial charge on any atom is 0.123 e. The Hall–Kier alpha value is -2.52. The number of nitrogens with zero attached hydrogens (tertiary/aromatic N) is 4. The summed E-state index contributed by atoms with van der Waals surface area (Å²) in [7, 11) is 2.22. The Balaban J connectivity index is 1.26. The monoisotopic (exact) mass is 496 g/mol. The molecule has 2 heterocycles. The molecule has 0 spiro atoms. The van der Waals surface area contributed by atoms with Gasteiger partial charge in [0.15, 0.2) is 0 Å². The Morgan fingerprint density at radius 3 is 2.58 bits per heavy atom. The Labute approximate surface area is 219 Å². The first-order valence-electron chi connectivity index (χ1n) is 13.6. The summed E-state index contributed by atoms with van der Waals surface area (Å²) in [6.07, 6.45) is 6.88. The predicted octanol–water partition coefficient (Wildman–Crippen LogP) is 6.73. The SMILES string of the molecule is CC(C)C1CCC1c1ccc(-c2ncc(-c3cccc4c3CCC4N3CCN(C)CC3)s2)cc1C#N. The molecule has 3 unspecified atom stereocenters. The molecule has 0 bridgehead atoms. The van der Waals surface area contributed by atoms with Crippen molar-refractivity contribution in [1.29, 1.82) is 5.26 Å². The van der Waals surface area contributed by atoms with Crippen LogP contribution in [0.15, 0.2) is 42.6 Å². The Morgan fingerprint density at radius 1 is 1.03 bits per heavy atom. The lowest BCUT2D eigenvalue weighted by Crippen LogP contribution is -2.45. The molecule has 0 amide bonds. The van der Waals surface area contributed by atoms with Crippen LogP contribution in [0.5, 0.6) is 0 Å². The average molecular weight is 497 g/mol. The van der Waals surface area contributed by atoms with Crippen molar-refractivity contribution in [2.24, 2.45) is 11.8 Å². The van der Waals surface area contributed by atoms with Crippen molar-refractivity contribution in [1.82, 2.24) is 14.8 Å². The fraction of sp³-hybridized carbons (Fsp3) is 0.484.